The van der Waals surface area contributed by atoms with E-state index in [2.05, 4.69) is 15.7 Å². The van der Waals surface area contributed by atoms with Crippen LogP contribution in [0, 0.1) is 0 Å². The summed E-state index contributed by atoms with van der Waals surface area (Å²) < 4.78 is 1.86. The number of fused-ring (bicyclic) bond motifs is 1. The third kappa shape index (κ3) is 3.54. The Morgan fingerprint density at radius 1 is 1.08 bits per heavy atom. The molecule has 0 bridgehead atoms. The molecule has 0 aromatic carbocycles. The fourth-order valence-electron chi connectivity index (χ4n) is 3.68. The Labute approximate surface area is 152 Å². The van der Waals surface area contributed by atoms with E-state index in [4.69, 9.17) is 4.98 Å². The standard InChI is InChI=1S/C20H23N5O/c1-14(26)22-15-8-10-16(11-9-15)23-20-7-4-5-18(24-20)17-13-21-25-12-3-2-6-19(17)25/h2-7,12-13,15-16H,8-11H2,1H3,(H,22,26)(H,23,24). The lowest BCUT2D eigenvalue weighted by Gasteiger charge is -2.29. The lowest BCUT2D eigenvalue weighted by molar-refractivity contribution is -0.119. The fraction of sp³-hybridized carbons (Fsp3) is 0.350. The quantitative estimate of drug-likeness (QED) is 0.758. The molecule has 6 heteroatoms. The van der Waals surface area contributed by atoms with E-state index in [1.807, 2.05) is 53.3 Å². The van der Waals surface area contributed by atoms with Crippen molar-refractivity contribution in [1.29, 1.82) is 0 Å². The second kappa shape index (κ2) is 7.15. The van der Waals surface area contributed by atoms with Gasteiger partial charge in [0, 0.05) is 30.8 Å². The molecule has 1 amide bonds. The Balaban J connectivity index is 1.46. The molecule has 0 spiro atoms. The van der Waals surface area contributed by atoms with E-state index in [0.29, 0.717) is 12.1 Å². The van der Waals surface area contributed by atoms with Crippen LogP contribution in [0.15, 0.2) is 48.8 Å². The highest BCUT2D eigenvalue weighted by Gasteiger charge is 2.21. The molecule has 3 heterocycles. The molecule has 1 saturated carbocycles. The fourth-order valence-corrected chi connectivity index (χ4v) is 3.68. The number of hydrogen-bond donors (Lipinski definition) is 2. The van der Waals surface area contributed by atoms with Gasteiger partial charge in [0.1, 0.15) is 5.82 Å². The normalized spacial score (nSPS) is 20.0. The summed E-state index contributed by atoms with van der Waals surface area (Å²) in [5.41, 5.74) is 3.00. The van der Waals surface area contributed by atoms with Crippen LogP contribution in [0.5, 0.6) is 0 Å². The van der Waals surface area contributed by atoms with E-state index in [9.17, 15) is 4.79 Å². The van der Waals surface area contributed by atoms with Gasteiger partial charge in [-0.15, -0.1) is 0 Å². The zero-order valence-corrected chi connectivity index (χ0v) is 14.9. The van der Waals surface area contributed by atoms with Gasteiger partial charge in [0.05, 0.1) is 17.4 Å². The van der Waals surface area contributed by atoms with E-state index in [0.717, 1.165) is 48.3 Å². The Morgan fingerprint density at radius 3 is 2.69 bits per heavy atom. The molecule has 0 radical (unpaired) electrons. The van der Waals surface area contributed by atoms with E-state index in [-0.39, 0.29) is 5.91 Å². The Hall–Kier alpha value is -2.89. The summed E-state index contributed by atoms with van der Waals surface area (Å²) in [6.07, 6.45) is 7.88. The minimum atomic E-state index is 0.0594. The Bertz CT molecular complexity index is 911. The maximum atomic E-state index is 11.2. The van der Waals surface area contributed by atoms with E-state index < -0.39 is 0 Å². The van der Waals surface area contributed by atoms with Crippen LogP contribution in [0.1, 0.15) is 32.6 Å². The molecular weight excluding hydrogens is 326 g/mol. The van der Waals surface area contributed by atoms with Crippen LogP contribution >= 0.6 is 0 Å². The predicted molar refractivity (Wildman–Crippen MR) is 102 cm³/mol. The van der Waals surface area contributed by atoms with Gasteiger partial charge in [-0.25, -0.2) is 9.50 Å². The monoisotopic (exact) mass is 349 g/mol. The maximum Gasteiger partial charge on any atom is 0.217 e. The van der Waals surface area contributed by atoms with Gasteiger partial charge in [-0.05, 0) is 49.9 Å². The van der Waals surface area contributed by atoms with Crippen molar-refractivity contribution >= 4 is 17.2 Å². The number of nitrogens with one attached hydrogen (secondary N) is 2. The third-order valence-electron chi connectivity index (χ3n) is 4.94. The molecule has 0 aliphatic heterocycles. The van der Waals surface area contributed by atoms with Crippen LogP contribution in [0.2, 0.25) is 0 Å². The van der Waals surface area contributed by atoms with Gasteiger partial charge in [0.25, 0.3) is 0 Å². The molecule has 6 nitrogen and oxygen atoms in total. The molecule has 134 valence electrons. The van der Waals surface area contributed by atoms with Crippen molar-refractivity contribution < 1.29 is 4.79 Å². The highest BCUT2D eigenvalue weighted by molar-refractivity contribution is 5.78. The van der Waals surface area contributed by atoms with E-state index >= 15 is 0 Å². The van der Waals surface area contributed by atoms with Gasteiger partial charge in [0.2, 0.25) is 5.91 Å². The van der Waals surface area contributed by atoms with Crippen LogP contribution in [-0.2, 0) is 4.79 Å². The van der Waals surface area contributed by atoms with Gasteiger partial charge in [0.15, 0.2) is 0 Å². The number of pyridine rings is 2. The van der Waals surface area contributed by atoms with Gasteiger partial charge in [-0.3, -0.25) is 4.79 Å². The second-order valence-electron chi connectivity index (χ2n) is 6.89. The van der Waals surface area contributed by atoms with Gasteiger partial charge < -0.3 is 10.6 Å². The average molecular weight is 349 g/mol. The van der Waals surface area contributed by atoms with Crippen molar-refractivity contribution in [2.75, 3.05) is 5.32 Å². The van der Waals surface area contributed by atoms with Crippen LogP contribution < -0.4 is 10.6 Å². The van der Waals surface area contributed by atoms with E-state index in [1.165, 1.54) is 0 Å². The first-order valence-electron chi connectivity index (χ1n) is 9.12. The van der Waals surface area contributed by atoms with Crippen LogP contribution in [0.3, 0.4) is 0 Å². The number of aromatic nitrogens is 3. The van der Waals surface area contributed by atoms with Gasteiger partial charge in [-0.2, -0.15) is 5.10 Å². The topological polar surface area (TPSA) is 71.3 Å². The molecule has 1 aliphatic rings. The summed E-state index contributed by atoms with van der Waals surface area (Å²) in [5, 5.41) is 11.0. The molecule has 0 unspecified atom stereocenters. The Morgan fingerprint density at radius 2 is 1.88 bits per heavy atom. The van der Waals surface area contributed by atoms with Gasteiger partial charge >= 0.3 is 0 Å². The molecule has 3 aromatic heterocycles. The molecule has 0 atom stereocenters. The highest BCUT2D eigenvalue weighted by atomic mass is 16.1. The average Bonchev–Trinajstić information content (AvgIpc) is 3.07. The maximum absolute atomic E-state index is 11.2. The summed E-state index contributed by atoms with van der Waals surface area (Å²) >= 11 is 0. The molecular formula is C20H23N5O. The first-order valence-corrected chi connectivity index (χ1v) is 9.12. The van der Waals surface area contributed by atoms with Crippen molar-refractivity contribution in [2.24, 2.45) is 0 Å². The minimum Gasteiger partial charge on any atom is -0.367 e. The van der Waals surface area contributed by atoms with Crippen molar-refractivity contribution in [3.63, 3.8) is 0 Å². The molecule has 1 fully saturated rings. The number of rotatable bonds is 4. The lowest BCUT2D eigenvalue weighted by Crippen LogP contribution is -2.39. The van der Waals surface area contributed by atoms with Crippen molar-refractivity contribution in [1.82, 2.24) is 19.9 Å². The van der Waals surface area contributed by atoms with E-state index in [1.54, 1.807) is 6.92 Å². The number of hydrogen-bond acceptors (Lipinski definition) is 4. The molecule has 1 aliphatic carbocycles. The number of anilines is 1. The zero-order valence-electron chi connectivity index (χ0n) is 14.9. The number of nitrogens with zero attached hydrogens (tertiary/aromatic N) is 3. The summed E-state index contributed by atoms with van der Waals surface area (Å²) in [4.78, 5) is 16.0. The molecule has 4 rings (SSSR count). The third-order valence-corrected chi connectivity index (χ3v) is 4.94. The van der Waals surface area contributed by atoms with Crippen LogP contribution in [0.4, 0.5) is 5.82 Å². The predicted octanol–water partition coefficient (Wildman–Crippen LogP) is 3.26. The number of carbonyl (C=O) groups is 1. The molecule has 2 N–H and O–H groups in total. The van der Waals surface area contributed by atoms with Crippen molar-refractivity contribution in [2.45, 2.75) is 44.7 Å². The highest BCUT2D eigenvalue weighted by Crippen LogP contribution is 2.26. The molecule has 26 heavy (non-hydrogen) atoms. The molecule has 3 aromatic rings. The smallest absolute Gasteiger partial charge is 0.217 e. The van der Waals surface area contributed by atoms with Crippen LogP contribution in [-0.4, -0.2) is 32.6 Å². The van der Waals surface area contributed by atoms with Crippen molar-refractivity contribution in [3.8, 4) is 11.3 Å². The Kier molecular flexibility index (Phi) is 4.56. The first kappa shape index (κ1) is 16.6. The summed E-state index contributed by atoms with van der Waals surface area (Å²) in [6.45, 7) is 1.58. The van der Waals surface area contributed by atoms with Gasteiger partial charge in [-0.1, -0.05) is 12.1 Å². The minimum absolute atomic E-state index is 0.0594. The number of carbonyl (C=O) groups excluding carboxylic acids is 1. The largest absolute Gasteiger partial charge is 0.367 e. The number of amides is 1. The molecule has 0 saturated heterocycles. The second-order valence-corrected chi connectivity index (χ2v) is 6.89. The van der Waals surface area contributed by atoms with Crippen LogP contribution in [0.25, 0.3) is 16.8 Å². The SMILES string of the molecule is CC(=O)NC1CCC(Nc2cccc(-c3cnn4ccccc34)n2)CC1. The van der Waals surface area contributed by atoms with Crippen molar-refractivity contribution in [3.05, 3.63) is 48.8 Å². The zero-order chi connectivity index (χ0) is 17.9. The first-order chi connectivity index (χ1) is 12.7. The lowest BCUT2D eigenvalue weighted by atomic mass is 9.91. The summed E-state index contributed by atoms with van der Waals surface area (Å²) in [5.74, 6) is 0.949. The summed E-state index contributed by atoms with van der Waals surface area (Å²) in [7, 11) is 0. The summed E-state index contributed by atoms with van der Waals surface area (Å²) in [6, 6.07) is 12.8.